The van der Waals surface area contributed by atoms with Crippen molar-refractivity contribution in [2.24, 2.45) is 0 Å². The first-order valence-electron chi connectivity index (χ1n) is 4.63. The van der Waals surface area contributed by atoms with Crippen molar-refractivity contribution in [2.75, 3.05) is 13.7 Å². The van der Waals surface area contributed by atoms with Gasteiger partial charge in [0.2, 0.25) is 0 Å². The van der Waals surface area contributed by atoms with Gasteiger partial charge in [0.15, 0.2) is 11.5 Å². The number of ether oxygens (including phenoxy) is 2. The molecule has 13 heavy (non-hydrogen) atoms. The first-order valence-corrected chi connectivity index (χ1v) is 4.63. The maximum absolute atomic E-state index is 11.5. The number of methoxy groups -OCH3 is 1. The molecule has 3 heteroatoms. The Kier molecular flexibility index (Phi) is 3.96. The summed E-state index contributed by atoms with van der Waals surface area (Å²) in [5, 5.41) is 0. The number of ketones is 1. The van der Waals surface area contributed by atoms with Crippen LogP contribution < -0.4 is 0 Å². The van der Waals surface area contributed by atoms with Crippen LogP contribution in [0.1, 0.15) is 26.2 Å². The Morgan fingerprint density at radius 2 is 2.54 bits per heavy atom. The van der Waals surface area contributed by atoms with Gasteiger partial charge in [-0.2, -0.15) is 0 Å². The molecule has 1 unspecified atom stereocenters. The molecule has 0 aromatic heterocycles. The third-order valence-corrected chi connectivity index (χ3v) is 2.09. The van der Waals surface area contributed by atoms with Crippen LogP contribution in [0.3, 0.4) is 0 Å². The predicted molar refractivity (Wildman–Crippen MR) is 49.4 cm³/mol. The second-order valence-electron chi connectivity index (χ2n) is 3.23. The van der Waals surface area contributed by atoms with Crippen molar-refractivity contribution in [3.05, 3.63) is 11.8 Å². The first-order chi connectivity index (χ1) is 6.24. The molecule has 1 rings (SSSR count). The van der Waals surface area contributed by atoms with E-state index < -0.39 is 0 Å². The standard InChI is InChI=1S/C10H16O3/c1-8(12-2)7-9(11)10-5-3-4-6-13-10/h5,8H,3-4,6-7H2,1-2H3. The molecular weight excluding hydrogens is 168 g/mol. The van der Waals surface area contributed by atoms with Gasteiger partial charge in [0.1, 0.15) is 0 Å². The molecule has 0 aromatic carbocycles. The number of carbonyl (C=O) groups is 1. The van der Waals surface area contributed by atoms with Gasteiger partial charge in [-0.05, 0) is 25.8 Å². The largest absolute Gasteiger partial charge is 0.490 e. The Hall–Kier alpha value is -0.830. The van der Waals surface area contributed by atoms with Crippen molar-refractivity contribution < 1.29 is 14.3 Å². The molecule has 0 radical (unpaired) electrons. The van der Waals surface area contributed by atoms with Crippen LogP contribution in [0.5, 0.6) is 0 Å². The normalized spacial score (nSPS) is 18.8. The average Bonchev–Trinajstić information content (AvgIpc) is 2.19. The maximum Gasteiger partial charge on any atom is 0.199 e. The van der Waals surface area contributed by atoms with Crippen molar-refractivity contribution in [3.8, 4) is 0 Å². The number of hydrogen-bond acceptors (Lipinski definition) is 3. The van der Waals surface area contributed by atoms with E-state index in [2.05, 4.69) is 0 Å². The van der Waals surface area contributed by atoms with Crippen molar-refractivity contribution in [1.82, 2.24) is 0 Å². The van der Waals surface area contributed by atoms with Crippen molar-refractivity contribution >= 4 is 5.78 Å². The maximum atomic E-state index is 11.5. The molecule has 0 aliphatic carbocycles. The fourth-order valence-electron chi connectivity index (χ4n) is 1.20. The van der Waals surface area contributed by atoms with Gasteiger partial charge < -0.3 is 9.47 Å². The minimum absolute atomic E-state index is 0.0288. The van der Waals surface area contributed by atoms with Crippen molar-refractivity contribution in [2.45, 2.75) is 32.3 Å². The van der Waals surface area contributed by atoms with Gasteiger partial charge in [0.05, 0.1) is 12.7 Å². The van der Waals surface area contributed by atoms with Gasteiger partial charge in [-0.25, -0.2) is 0 Å². The van der Waals surface area contributed by atoms with Crippen LogP contribution in [0.25, 0.3) is 0 Å². The van der Waals surface area contributed by atoms with Crippen LogP contribution in [0, 0.1) is 0 Å². The van der Waals surface area contributed by atoms with Gasteiger partial charge in [-0.3, -0.25) is 4.79 Å². The van der Waals surface area contributed by atoms with Gasteiger partial charge in [-0.1, -0.05) is 0 Å². The quantitative estimate of drug-likeness (QED) is 0.666. The summed E-state index contributed by atoms with van der Waals surface area (Å²) in [5.74, 6) is 0.573. The fraction of sp³-hybridized carbons (Fsp3) is 0.700. The van der Waals surface area contributed by atoms with E-state index in [0.29, 0.717) is 18.8 Å². The Labute approximate surface area is 78.7 Å². The molecule has 0 saturated heterocycles. The number of rotatable bonds is 4. The molecule has 0 saturated carbocycles. The highest BCUT2D eigenvalue weighted by Gasteiger charge is 2.16. The van der Waals surface area contributed by atoms with E-state index in [1.165, 1.54) is 0 Å². The molecule has 0 fully saturated rings. The van der Waals surface area contributed by atoms with Crippen LogP contribution >= 0.6 is 0 Å². The van der Waals surface area contributed by atoms with Crippen molar-refractivity contribution in [3.63, 3.8) is 0 Å². The second-order valence-corrected chi connectivity index (χ2v) is 3.23. The molecule has 1 heterocycles. The van der Waals surface area contributed by atoms with E-state index >= 15 is 0 Å². The molecule has 0 N–H and O–H groups in total. The number of hydrogen-bond donors (Lipinski definition) is 0. The third-order valence-electron chi connectivity index (χ3n) is 2.09. The molecule has 0 bridgehead atoms. The molecule has 1 atom stereocenters. The molecule has 0 spiro atoms. The minimum atomic E-state index is -0.0288. The summed E-state index contributed by atoms with van der Waals surface area (Å²) in [6, 6.07) is 0. The Balaban J connectivity index is 2.42. The number of carbonyl (C=O) groups excluding carboxylic acids is 1. The SMILES string of the molecule is COC(C)CC(=O)C1=CCCCO1. The van der Waals surface area contributed by atoms with Crippen LogP contribution in [-0.4, -0.2) is 25.6 Å². The smallest absolute Gasteiger partial charge is 0.199 e. The molecule has 1 aliphatic heterocycles. The number of allylic oxidation sites excluding steroid dienone is 2. The van der Waals surface area contributed by atoms with E-state index in [1.807, 2.05) is 13.0 Å². The lowest BCUT2D eigenvalue weighted by Crippen LogP contribution is -2.17. The zero-order chi connectivity index (χ0) is 9.68. The van der Waals surface area contributed by atoms with E-state index in [0.717, 1.165) is 12.8 Å². The van der Waals surface area contributed by atoms with Gasteiger partial charge in [-0.15, -0.1) is 0 Å². The van der Waals surface area contributed by atoms with E-state index in [4.69, 9.17) is 9.47 Å². The fourth-order valence-corrected chi connectivity index (χ4v) is 1.20. The lowest BCUT2D eigenvalue weighted by atomic mass is 10.1. The summed E-state index contributed by atoms with van der Waals surface area (Å²) < 4.78 is 10.2. The monoisotopic (exact) mass is 184 g/mol. The summed E-state index contributed by atoms with van der Waals surface area (Å²) in [4.78, 5) is 11.5. The molecule has 0 amide bonds. The number of Topliss-reactive ketones (excluding diaryl/α,β-unsaturated/α-hetero) is 1. The highest BCUT2D eigenvalue weighted by molar-refractivity contribution is 5.93. The third kappa shape index (κ3) is 3.19. The minimum Gasteiger partial charge on any atom is -0.490 e. The Morgan fingerprint density at radius 3 is 3.08 bits per heavy atom. The summed E-state index contributed by atoms with van der Waals surface area (Å²) in [7, 11) is 1.61. The molecule has 1 aliphatic rings. The van der Waals surface area contributed by atoms with Gasteiger partial charge in [0.25, 0.3) is 0 Å². The molecule has 74 valence electrons. The summed E-state index contributed by atoms with van der Waals surface area (Å²) in [6.45, 7) is 2.54. The Bertz CT molecular complexity index is 208. The topological polar surface area (TPSA) is 35.5 Å². The molecular formula is C10H16O3. The summed E-state index contributed by atoms with van der Waals surface area (Å²) in [5.41, 5.74) is 0. The van der Waals surface area contributed by atoms with Gasteiger partial charge in [0, 0.05) is 13.5 Å². The summed E-state index contributed by atoms with van der Waals surface area (Å²) in [6.07, 6.45) is 4.20. The van der Waals surface area contributed by atoms with Crippen LogP contribution in [-0.2, 0) is 14.3 Å². The molecule has 3 nitrogen and oxygen atoms in total. The Morgan fingerprint density at radius 1 is 1.77 bits per heavy atom. The van der Waals surface area contributed by atoms with Crippen molar-refractivity contribution in [1.29, 1.82) is 0 Å². The zero-order valence-corrected chi connectivity index (χ0v) is 8.21. The summed E-state index contributed by atoms with van der Waals surface area (Å²) >= 11 is 0. The van der Waals surface area contributed by atoms with Crippen LogP contribution in [0.15, 0.2) is 11.8 Å². The van der Waals surface area contributed by atoms with Gasteiger partial charge >= 0.3 is 0 Å². The average molecular weight is 184 g/mol. The van der Waals surface area contributed by atoms with Crippen LogP contribution in [0.4, 0.5) is 0 Å². The second kappa shape index (κ2) is 5.02. The highest BCUT2D eigenvalue weighted by Crippen LogP contribution is 2.13. The first kappa shape index (κ1) is 10.3. The van der Waals surface area contributed by atoms with E-state index in [-0.39, 0.29) is 11.9 Å². The van der Waals surface area contributed by atoms with Crippen LogP contribution in [0.2, 0.25) is 0 Å². The zero-order valence-electron chi connectivity index (χ0n) is 8.21. The van der Waals surface area contributed by atoms with E-state index in [1.54, 1.807) is 7.11 Å². The lowest BCUT2D eigenvalue weighted by molar-refractivity contribution is -0.121. The molecule has 0 aromatic rings. The van der Waals surface area contributed by atoms with E-state index in [9.17, 15) is 4.79 Å². The lowest BCUT2D eigenvalue weighted by Gasteiger charge is -2.15. The predicted octanol–water partition coefficient (Wildman–Crippen LogP) is 1.67. The highest BCUT2D eigenvalue weighted by atomic mass is 16.5.